The van der Waals surface area contributed by atoms with Crippen molar-refractivity contribution in [2.24, 2.45) is 5.73 Å². The lowest BCUT2D eigenvalue weighted by atomic mass is 9.87. The lowest BCUT2D eigenvalue weighted by Gasteiger charge is -2.33. The number of pyridine rings is 1. The van der Waals surface area contributed by atoms with Gasteiger partial charge in [-0.25, -0.2) is 4.98 Å². The van der Waals surface area contributed by atoms with Gasteiger partial charge in [0.1, 0.15) is 5.75 Å². The molecule has 0 spiro atoms. The summed E-state index contributed by atoms with van der Waals surface area (Å²) < 4.78 is 0. The molecule has 7 heteroatoms. The molecule has 1 saturated carbocycles. The van der Waals surface area contributed by atoms with Crippen molar-refractivity contribution in [2.75, 3.05) is 0 Å². The van der Waals surface area contributed by atoms with Crippen LogP contribution in [0.5, 0.6) is 5.75 Å². The van der Waals surface area contributed by atoms with Crippen molar-refractivity contribution >= 4 is 16.9 Å². The zero-order valence-corrected chi connectivity index (χ0v) is 12.9. The fraction of sp³-hybridized carbons (Fsp3) is 0.235. The molecule has 4 rings (SSSR count). The quantitative estimate of drug-likeness (QED) is 0.583. The van der Waals surface area contributed by atoms with Crippen LogP contribution >= 0.6 is 0 Å². The van der Waals surface area contributed by atoms with Crippen molar-refractivity contribution in [1.29, 1.82) is 0 Å². The fourth-order valence-electron chi connectivity index (χ4n) is 2.94. The first-order valence-corrected chi connectivity index (χ1v) is 7.80. The van der Waals surface area contributed by atoms with Gasteiger partial charge < -0.3 is 16.2 Å². The van der Waals surface area contributed by atoms with Crippen molar-refractivity contribution in [2.45, 2.75) is 24.9 Å². The number of carbonyl (C=O) groups excluding carboxylic acids is 1. The third-order valence-corrected chi connectivity index (χ3v) is 4.34. The van der Waals surface area contributed by atoms with E-state index < -0.39 is 0 Å². The maximum atomic E-state index is 12.6. The van der Waals surface area contributed by atoms with E-state index in [-0.39, 0.29) is 23.7 Å². The van der Waals surface area contributed by atoms with Crippen LogP contribution in [0, 0.1) is 0 Å². The summed E-state index contributed by atoms with van der Waals surface area (Å²) in [5.74, 6) is 0.0291. The molecule has 122 valence electrons. The summed E-state index contributed by atoms with van der Waals surface area (Å²) in [7, 11) is 0. The number of nitrogens with one attached hydrogen (secondary N) is 2. The van der Waals surface area contributed by atoms with Gasteiger partial charge >= 0.3 is 0 Å². The number of rotatable bonds is 3. The number of nitrogens with two attached hydrogens (primary N) is 1. The van der Waals surface area contributed by atoms with Crippen molar-refractivity contribution < 1.29 is 9.90 Å². The number of carbonyl (C=O) groups is 1. The molecule has 1 amide bonds. The molecule has 0 saturated heterocycles. The molecule has 1 aliphatic carbocycles. The zero-order valence-electron chi connectivity index (χ0n) is 12.9. The average Bonchev–Trinajstić information content (AvgIpc) is 3.01. The number of aromatic amines is 1. The summed E-state index contributed by atoms with van der Waals surface area (Å²) in [5.41, 5.74) is 8.30. The molecule has 1 fully saturated rings. The number of hydrogen-bond donors (Lipinski definition) is 4. The van der Waals surface area contributed by atoms with Crippen LogP contribution in [-0.2, 0) is 0 Å². The molecule has 7 nitrogen and oxygen atoms in total. The van der Waals surface area contributed by atoms with Crippen molar-refractivity contribution in [1.82, 2.24) is 20.5 Å². The van der Waals surface area contributed by atoms with E-state index in [4.69, 9.17) is 5.73 Å². The number of phenolic OH excluding ortho intramolecular Hbond substituents is 1. The molecule has 24 heavy (non-hydrogen) atoms. The second-order valence-electron chi connectivity index (χ2n) is 6.14. The highest BCUT2D eigenvalue weighted by Crippen LogP contribution is 2.26. The third kappa shape index (κ3) is 2.59. The van der Waals surface area contributed by atoms with Crippen LogP contribution in [0.25, 0.3) is 22.3 Å². The van der Waals surface area contributed by atoms with Crippen LogP contribution in [0.2, 0.25) is 0 Å². The van der Waals surface area contributed by atoms with Crippen molar-refractivity contribution in [3.8, 4) is 17.0 Å². The number of phenols is 1. The van der Waals surface area contributed by atoms with Gasteiger partial charge in [-0.05, 0) is 43.2 Å². The number of hydrogen-bond acceptors (Lipinski definition) is 5. The van der Waals surface area contributed by atoms with Gasteiger partial charge in [0.05, 0.1) is 22.8 Å². The first kappa shape index (κ1) is 14.6. The molecule has 1 aliphatic rings. The minimum Gasteiger partial charge on any atom is -0.508 e. The number of amides is 1. The Kier molecular flexibility index (Phi) is 3.42. The molecule has 0 atom stereocenters. The Balaban J connectivity index is 1.72. The smallest absolute Gasteiger partial charge is 0.252 e. The summed E-state index contributed by atoms with van der Waals surface area (Å²) in [6, 6.07) is 8.73. The molecule has 0 radical (unpaired) electrons. The summed E-state index contributed by atoms with van der Waals surface area (Å²) in [6.45, 7) is 0. The van der Waals surface area contributed by atoms with Crippen LogP contribution in [0.3, 0.4) is 0 Å². The molecule has 0 aliphatic heterocycles. The van der Waals surface area contributed by atoms with Gasteiger partial charge in [0, 0.05) is 17.6 Å². The Morgan fingerprint density at radius 3 is 2.75 bits per heavy atom. The molecule has 0 unspecified atom stereocenters. The van der Waals surface area contributed by atoms with E-state index in [1.807, 2.05) is 0 Å². The lowest BCUT2D eigenvalue weighted by Crippen LogP contribution is -2.50. The van der Waals surface area contributed by atoms with Crippen LogP contribution in [0.4, 0.5) is 0 Å². The number of H-pyrrole nitrogens is 1. The van der Waals surface area contributed by atoms with E-state index in [2.05, 4.69) is 20.5 Å². The van der Waals surface area contributed by atoms with E-state index in [0.717, 1.165) is 18.4 Å². The van der Waals surface area contributed by atoms with Crippen LogP contribution in [0.15, 0.2) is 36.5 Å². The third-order valence-electron chi connectivity index (χ3n) is 4.34. The fourth-order valence-corrected chi connectivity index (χ4v) is 2.94. The number of aromatic hydroxyl groups is 1. The van der Waals surface area contributed by atoms with Crippen molar-refractivity contribution in [3.63, 3.8) is 0 Å². The second kappa shape index (κ2) is 5.61. The maximum Gasteiger partial charge on any atom is 0.252 e. The molecule has 5 N–H and O–H groups in total. The number of benzene rings is 1. The predicted molar refractivity (Wildman–Crippen MR) is 89.5 cm³/mol. The zero-order chi connectivity index (χ0) is 16.7. The Labute approximate surface area is 137 Å². The monoisotopic (exact) mass is 323 g/mol. The van der Waals surface area contributed by atoms with Gasteiger partial charge in [-0.2, -0.15) is 5.10 Å². The van der Waals surface area contributed by atoms with E-state index in [9.17, 15) is 9.90 Å². The normalized spacial score (nSPS) is 19.9. The minimum absolute atomic E-state index is 0.125. The standard InChI is InChI=1S/C17H17N5O2/c18-10-5-11(6-10)20-17(24)13-7-15(9-1-3-12(23)4-2-9)21-16-14(13)8-19-22-16/h1-4,7-8,10-11,23H,5-6,18H2,(H,20,24)(H,19,21,22)/t10-,11-. The highest BCUT2D eigenvalue weighted by molar-refractivity contribution is 6.06. The Hall–Kier alpha value is -2.93. The SMILES string of the molecule is N[C@H]1C[C@H](NC(=O)c2cc(-c3ccc(O)cc3)nc3[nH]ncc23)C1. The highest BCUT2D eigenvalue weighted by Gasteiger charge is 2.28. The molecule has 0 bridgehead atoms. The molecule has 2 heterocycles. The Bertz CT molecular complexity index is 897. The molecule has 3 aromatic rings. The molecule has 1 aromatic carbocycles. The minimum atomic E-state index is -0.152. The highest BCUT2D eigenvalue weighted by atomic mass is 16.3. The van der Waals surface area contributed by atoms with Gasteiger partial charge in [-0.3, -0.25) is 9.89 Å². The van der Waals surface area contributed by atoms with Gasteiger partial charge in [0.15, 0.2) is 5.65 Å². The first-order chi connectivity index (χ1) is 11.6. The Morgan fingerprint density at radius 1 is 1.29 bits per heavy atom. The summed E-state index contributed by atoms with van der Waals surface area (Å²) >= 11 is 0. The summed E-state index contributed by atoms with van der Waals surface area (Å²) in [5, 5.41) is 19.9. The lowest BCUT2D eigenvalue weighted by molar-refractivity contribution is 0.0912. The largest absolute Gasteiger partial charge is 0.508 e. The number of nitrogens with zero attached hydrogens (tertiary/aromatic N) is 2. The van der Waals surface area contributed by atoms with Gasteiger partial charge in [-0.15, -0.1) is 0 Å². The molecular formula is C17H17N5O2. The van der Waals surface area contributed by atoms with Crippen LogP contribution < -0.4 is 11.1 Å². The Morgan fingerprint density at radius 2 is 2.04 bits per heavy atom. The average molecular weight is 323 g/mol. The van der Waals surface area contributed by atoms with E-state index in [1.165, 1.54) is 0 Å². The predicted octanol–water partition coefficient (Wildman–Crippen LogP) is 1.55. The van der Waals surface area contributed by atoms with Crippen LogP contribution in [0.1, 0.15) is 23.2 Å². The molecule has 2 aromatic heterocycles. The van der Waals surface area contributed by atoms with E-state index in [1.54, 1.807) is 36.5 Å². The topological polar surface area (TPSA) is 117 Å². The van der Waals surface area contributed by atoms with Gasteiger partial charge in [0.2, 0.25) is 0 Å². The van der Waals surface area contributed by atoms with E-state index >= 15 is 0 Å². The summed E-state index contributed by atoms with van der Waals surface area (Å²) in [4.78, 5) is 17.1. The molecular weight excluding hydrogens is 306 g/mol. The first-order valence-electron chi connectivity index (χ1n) is 7.80. The van der Waals surface area contributed by atoms with Gasteiger partial charge in [0.25, 0.3) is 5.91 Å². The summed E-state index contributed by atoms with van der Waals surface area (Å²) in [6.07, 6.45) is 3.21. The second-order valence-corrected chi connectivity index (χ2v) is 6.14. The van der Waals surface area contributed by atoms with E-state index in [0.29, 0.717) is 22.3 Å². The van der Waals surface area contributed by atoms with Gasteiger partial charge in [-0.1, -0.05) is 0 Å². The van der Waals surface area contributed by atoms with Crippen molar-refractivity contribution in [3.05, 3.63) is 42.1 Å². The number of fused-ring (bicyclic) bond motifs is 1. The maximum absolute atomic E-state index is 12.6. The van der Waals surface area contributed by atoms with Crippen LogP contribution in [-0.4, -0.2) is 38.3 Å². The number of aromatic nitrogens is 3.